The Morgan fingerprint density at radius 2 is 1.84 bits per heavy atom. The number of benzene rings is 1. The van der Waals surface area contributed by atoms with E-state index in [1.165, 1.54) is 25.0 Å². The summed E-state index contributed by atoms with van der Waals surface area (Å²) in [6, 6.07) is 6.19. The minimum absolute atomic E-state index is 0.0903. The summed E-state index contributed by atoms with van der Waals surface area (Å²) in [6.45, 7) is 4.93. The van der Waals surface area contributed by atoms with E-state index < -0.39 is 4.92 Å². The Morgan fingerprint density at radius 3 is 2.47 bits per heavy atom. The van der Waals surface area contributed by atoms with Gasteiger partial charge in [-0.3, -0.25) is 10.1 Å². The lowest BCUT2D eigenvalue weighted by Crippen LogP contribution is -2.17. The average molecular weight is 266 g/mol. The minimum atomic E-state index is -0.411. The lowest BCUT2D eigenvalue weighted by molar-refractivity contribution is -0.384. The van der Waals surface area contributed by atoms with Crippen LogP contribution >= 0.6 is 0 Å². The molecule has 0 unspecified atom stereocenters. The number of non-ortho nitro benzene ring substituents is 1. The molecular weight excluding hydrogens is 244 g/mol. The number of rotatable bonds is 10. The van der Waals surface area contributed by atoms with E-state index in [0.717, 1.165) is 25.9 Å². The number of hydrogen-bond donors (Lipinski definition) is 1. The number of unbranched alkanes of at least 4 members (excludes halogenated alkanes) is 2. The maximum Gasteiger partial charge on any atom is 0.269 e. The van der Waals surface area contributed by atoms with Crippen molar-refractivity contribution in [2.45, 2.75) is 32.6 Å². The summed E-state index contributed by atoms with van der Waals surface area (Å²) in [5, 5.41) is 13.9. The largest absolute Gasteiger partial charge is 0.494 e. The first-order valence-electron chi connectivity index (χ1n) is 6.82. The molecule has 0 atom stereocenters. The molecule has 0 aliphatic rings. The van der Waals surface area contributed by atoms with Gasteiger partial charge in [-0.15, -0.1) is 0 Å². The van der Waals surface area contributed by atoms with E-state index in [1.54, 1.807) is 12.1 Å². The van der Waals surface area contributed by atoms with Crippen LogP contribution in [0.4, 0.5) is 5.69 Å². The average Bonchev–Trinajstić information content (AvgIpc) is 2.42. The zero-order chi connectivity index (χ0) is 13.9. The van der Waals surface area contributed by atoms with Crippen LogP contribution in [0.25, 0.3) is 0 Å². The van der Waals surface area contributed by atoms with Crippen LogP contribution < -0.4 is 10.1 Å². The molecular formula is C14H22N2O3. The Kier molecular flexibility index (Phi) is 7.58. The van der Waals surface area contributed by atoms with Gasteiger partial charge in [0.2, 0.25) is 0 Å². The van der Waals surface area contributed by atoms with E-state index in [1.807, 2.05) is 0 Å². The molecule has 0 saturated heterocycles. The molecule has 1 aromatic carbocycles. The maximum absolute atomic E-state index is 10.5. The maximum atomic E-state index is 10.5. The lowest BCUT2D eigenvalue weighted by atomic mass is 10.3. The molecule has 0 heterocycles. The number of nitrogens with one attached hydrogen (secondary N) is 1. The van der Waals surface area contributed by atoms with Crippen LogP contribution in [0.5, 0.6) is 5.75 Å². The van der Waals surface area contributed by atoms with E-state index in [9.17, 15) is 10.1 Å². The molecule has 106 valence electrons. The van der Waals surface area contributed by atoms with Crippen molar-refractivity contribution >= 4 is 5.69 Å². The van der Waals surface area contributed by atoms with Crippen molar-refractivity contribution in [1.82, 2.24) is 5.32 Å². The van der Waals surface area contributed by atoms with Crippen LogP contribution in [-0.4, -0.2) is 24.6 Å². The predicted molar refractivity (Wildman–Crippen MR) is 75.6 cm³/mol. The standard InChI is InChI=1S/C14H22N2O3/c1-2-3-10-15-11-4-5-12-19-14-8-6-13(7-9-14)16(17)18/h6-9,15H,2-5,10-12H2,1H3. The van der Waals surface area contributed by atoms with Crippen LogP contribution in [0.2, 0.25) is 0 Å². The van der Waals surface area contributed by atoms with Gasteiger partial charge in [-0.05, 0) is 44.5 Å². The molecule has 5 heteroatoms. The van der Waals surface area contributed by atoms with Crippen molar-refractivity contribution in [2.24, 2.45) is 0 Å². The Hall–Kier alpha value is -1.62. The van der Waals surface area contributed by atoms with Gasteiger partial charge in [0.25, 0.3) is 5.69 Å². The first-order valence-corrected chi connectivity index (χ1v) is 6.82. The molecule has 0 amide bonds. The normalized spacial score (nSPS) is 10.4. The van der Waals surface area contributed by atoms with Crippen molar-refractivity contribution in [3.05, 3.63) is 34.4 Å². The highest BCUT2D eigenvalue weighted by Crippen LogP contribution is 2.17. The monoisotopic (exact) mass is 266 g/mol. The minimum Gasteiger partial charge on any atom is -0.494 e. The summed E-state index contributed by atoms with van der Waals surface area (Å²) >= 11 is 0. The summed E-state index contributed by atoms with van der Waals surface area (Å²) in [6.07, 6.45) is 4.50. The first-order chi connectivity index (χ1) is 9.24. The smallest absolute Gasteiger partial charge is 0.269 e. The number of nitro groups is 1. The van der Waals surface area contributed by atoms with Gasteiger partial charge in [0.05, 0.1) is 11.5 Å². The summed E-state index contributed by atoms with van der Waals surface area (Å²) in [7, 11) is 0. The second-order valence-electron chi connectivity index (χ2n) is 4.41. The number of nitrogens with zero attached hydrogens (tertiary/aromatic N) is 1. The SMILES string of the molecule is CCCCNCCCCOc1ccc([N+](=O)[O-])cc1. The van der Waals surface area contributed by atoms with Gasteiger partial charge >= 0.3 is 0 Å². The summed E-state index contributed by atoms with van der Waals surface area (Å²) in [5.74, 6) is 0.685. The zero-order valence-corrected chi connectivity index (χ0v) is 11.4. The highest BCUT2D eigenvalue weighted by molar-refractivity contribution is 5.35. The fourth-order valence-corrected chi connectivity index (χ4v) is 1.63. The molecule has 0 aliphatic heterocycles. The number of nitro benzene ring substituents is 1. The van der Waals surface area contributed by atoms with Crippen LogP contribution in [0.15, 0.2) is 24.3 Å². The zero-order valence-electron chi connectivity index (χ0n) is 11.4. The molecule has 5 nitrogen and oxygen atoms in total. The molecule has 19 heavy (non-hydrogen) atoms. The highest BCUT2D eigenvalue weighted by Gasteiger charge is 2.03. The molecule has 0 spiro atoms. The first kappa shape index (κ1) is 15.4. The van der Waals surface area contributed by atoms with Gasteiger partial charge in [-0.2, -0.15) is 0 Å². The van der Waals surface area contributed by atoms with Crippen LogP contribution in [0, 0.1) is 10.1 Å². The van der Waals surface area contributed by atoms with Crippen LogP contribution in [0.1, 0.15) is 32.6 Å². The molecule has 0 saturated carbocycles. The Balaban J connectivity index is 2.07. The second-order valence-corrected chi connectivity index (χ2v) is 4.41. The quantitative estimate of drug-likeness (QED) is 0.401. The molecule has 1 N–H and O–H groups in total. The van der Waals surface area contributed by atoms with Gasteiger partial charge in [-0.1, -0.05) is 13.3 Å². The van der Waals surface area contributed by atoms with Gasteiger partial charge in [0, 0.05) is 12.1 Å². The Morgan fingerprint density at radius 1 is 1.16 bits per heavy atom. The van der Waals surface area contributed by atoms with Crippen molar-refractivity contribution < 1.29 is 9.66 Å². The predicted octanol–water partition coefficient (Wildman–Crippen LogP) is 3.14. The van der Waals surface area contributed by atoms with E-state index in [4.69, 9.17) is 4.74 Å². The summed E-state index contributed by atoms with van der Waals surface area (Å²) in [5.41, 5.74) is 0.0903. The van der Waals surface area contributed by atoms with Crippen molar-refractivity contribution in [1.29, 1.82) is 0 Å². The van der Waals surface area contributed by atoms with Crippen molar-refractivity contribution in [3.8, 4) is 5.75 Å². The van der Waals surface area contributed by atoms with E-state index in [2.05, 4.69) is 12.2 Å². The third kappa shape index (κ3) is 6.76. The molecule has 0 radical (unpaired) electrons. The fourth-order valence-electron chi connectivity index (χ4n) is 1.63. The molecule has 0 aromatic heterocycles. The number of ether oxygens (including phenoxy) is 1. The molecule has 0 bridgehead atoms. The molecule has 0 fully saturated rings. The van der Waals surface area contributed by atoms with Gasteiger partial charge in [-0.25, -0.2) is 0 Å². The summed E-state index contributed by atoms with van der Waals surface area (Å²) < 4.78 is 5.52. The van der Waals surface area contributed by atoms with E-state index in [-0.39, 0.29) is 5.69 Å². The van der Waals surface area contributed by atoms with Crippen LogP contribution in [0.3, 0.4) is 0 Å². The molecule has 0 aliphatic carbocycles. The molecule has 1 rings (SSSR count). The van der Waals surface area contributed by atoms with E-state index >= 15 is 0 Å². The topological polar surface area (TPSA) is 64.4 Å². The van der Waals surface area contributed by atoms with E-state index in [0.29, 0.717) is 12.4 Å². The third-order valence-corrected chi connectivity index (χ3v) is 2.77. The summed E-state index contributed by atoms with van der Waals surface area (Å²) in [4.78, 5) is 10.1. The second kappa shape index (κ2) is 9.33. The van der Waals surface area contributed by atoms with Crippen LogP contribution in [-0.2, 0) is 0 Å². The fraction of sp³-hybridized carbons (Fsp3) is 0.571. The van der Waals surface area contributed by atoms with Crippen molar-refractivity contribution in [2.75, 3.05) is 19.7 Å². The molecule has 1 aromatic rings. The van der Waals surface area contributed by atoms with Crippen molar-refractivity contribution in [3.63, 3.8) is 0 Å². The Labute approximate surface area is 114 Å². The van der Waals surface area contributed by atoms with Gasteiger partial charge in [0.1, 0.15) is 5.75 Å². The highest BCUT2D eigenvalue weighted by atomic mass is 16.6. The van der Waals surface area contributed by atoms with Gasteiger partial charge in [0.15, 0.2) is 0 Å². The van der Waals surface area contributed by atoms with Gasteiger partial charge < -0.3 is 10.1 Å². The third-order valence-electron chi connectivity index (χ3n) is 2.77. The lowest BCUT2D eigenvalue weighted by Gasteiger charge is -2.06. The number of hydrogen-bond acceptors (Lipinski definition) is 4. The Bertz CT molecular complexity index is 365.